The number of amides is 1. The molecule has 1 unspecified atom stereocenters. The molecule has 33 heavy (non-hydrogen) atoms. The molecule has 0 aliphatic carbocycles. The van der Waals surface area contributed by atoms with Gasteiger partial charge in [0.2, 0.25) is 12.7 Å². The summed E-state index contributed by atoms with van der Waals surface area (Å²) in [5, 5.41) is 3.50. The standard InChI is InChI=1S/C27H26N2O4/c1-18-6-4-7-19(12-18)15-28-10-5-11-29-22-9-3-2-8-20(22)27(26(29)30)16-31-23-14-25-24(13-21(23)27)32-17-33-25/h2-4,6-9,12-14,28H,5,10-11,15-17H2,1H3. The van der Waals surface area contributed by atoms with Crippen molar-refractivity contribution in [2.45, 2.75) is 25.3 Å². The summed E-state index contributed by atoms with van der Waals surface area (Å²) in [4.78, 5) is 15.8. The molecule has 1 spiro atoms. The van der Waals surface area contributed by atoms with Crippen LogP contribution in [0.1, 0.15) is 28.7 Å². The van der Waals surface area contributed by atoms with Gasteiger partial charge in [-0.3, -0.25) is 4.79 Å². The van der Waals surface area contributed by atoms with Crippen molar-refractivity contribution in [2.24, 2.45) is 0 Å². The second-order valence-corrected chi connectivity index (χ2v) is 8.89. The van der Waals surface area contributed by atoms with Crippen LogP contribution in [0.4, 0.5) is 5.69 Å². The van der Waals surface area contributed by atoms with Crippen molar-refractivity contribution in [3.63, 3.8) is 0 Å². The molecule has 0 bridgehead atoms. The van der Waals surface area contributed by atoms with E-state index in [4.69, 9.17) is 14.2 Å². The lowest BCUT2D eigenvalue weighted by Gasteiger charge is -2.23. The van der Waals surface area contributed by atoms with Crippen LogP contribution in [-0.4, -0.2) is 32.4 Å². The van der Waals surface area contributed by atoms with Gasteiger partial charge in [-0.15, -0.1) is 0 Å². The number of nitrogens with zero attached hydrogens (tertiary/aromatic N) is 1. The zero-order chi connectivity index (χ0) is 22.4. The van der Waals surface area contributed by atoms with Gasteiger partial charge in [-0.25, -0.2) is 0 Å². The Morgan fingerprint density at radius 2 is 1.79 bits per heavy atom. The van der Waals surface area contributed by atoms with E-state index >= 15 is 0 Å². The van der Waals surface area contributed by atoms with Gasteiger partial charge in [-0.05, 0) is 43.1 Å². The topological polar surface area (TPSA) is 60.0 Å². The monoisotopic (exact) mass is 442 g/mol. The molecule has 1 amide bonds. The number of fused-ring (bicyclic) bond motifs is 5. The summed E-state index contributed by atoms with van der Waals surface area (Å²) in [6, 6.07) is 20.4. The minimum Gasteiger partial charge on any atom is -0.491 e. The molecule has 0 saturated heterocycles. The van der Waals surface area contributed by atoms with Gasteiger partial charge in [0.15, 0.2) is 11.5 Å². The average Bonchev–Trinajstić information content (AvgIpc) is 3.50. The van der Waals surface area contributed by atoms with Gasteiger partial charge in [-0.1, -0.05) is 48.0 Å². The number of hydrogen-bond acceptors (Lipinski definition) is 5. The quantitative estimate of drug-likeness (QED) is 0.587. The van der Waals surface area contributed by atoms with Crippen LogP contribution in [0.2, 0.25) is 0 Å². The first kappa shape index (κ1) is 20.1. The van der Waals surface area contributed by atoms with E-state index in [1.165, 1.54) is 11.1 Å². The Morgan fingerprint density at radius 3 is 2.67 bits per heavy atom. The van der Waals surface area contributed by atoms with E-state index in [1.54, 1.807) is 0 Å². The maximum absolute atomic E-state index is 13.9. The summed E-state index contributed by atoms with van der Waals surface area (Å²) in [6.07, 6.45) is 0.858. The highest BCUT2D eigenvalue weighted by atomic mass is 16.7. The smallest absolute Gasteiger partial charge is 0.245 e. The van der Waals surface area contributed by atoms with E-state index in [0.717, 1.165) is 36.3 Å². The Labute approximate surface area is 193 Å². The fourth-order valence-electron chi connectivity index (χ4n) is 5.20. The van der Waals surface area contributed by atoms with Crippen molar-refractivity contribution >= 4 is 11.6 Å². The zero-order valence-corrected chi connectivity index (χ0v) is 18.6. The normalized spacial score (nSPS) is 19.7. The summed E-state index contributed by atoms with van der Waals surface area (Å²) in [5.74, 6) is 2.10. The number of ether oxygens (including phenoxy) is 3. The molecule has 1 atom stereocenters. The van der Waals surface area contributed by atoms with Crippen LogP contribution >= 0.6 is 0 Å². The molecule has 0 fully saturated rings. The maximum Gasteiger partial charge on any atom is 0.245 e. The number of benzene rings is 3. The molecular weight excluding hydrogens is 416 g/mol. The van der Waals surface area contributed by atoms with Crippen molar-refractivity contribution in [2.75, 3.05) is 31.4 Å². The van der Waals surface area contributed by atoms with E-state index in [9.17, 15) is 4.79 Å². The van der Waals surface area contributed by atoms with Crippen LogP contribution in [-0.2, 0) is 16.8 Å². The van der Waals surface area contributed by atoms with Gasteiger partial charge in [0.25, 0.3) is 0 Å². The highest BCUT2D eigenvalue weighted by Crippen LogP contribution is 2.54. The van der Waals surface area contributed by atoms with E-state index in [0.29, 0.717) is 30.4 Å². The van der Waals surface area contributed by atoms with Gasteiger partial charge < -0.3 is 24.4 Å². The Kier molecular flexibility index (Phi) is 4.76. The van der Waals surface area contributed by atoms with E-state index in [2.05, 4.69) is 36.5 Å². The first-order chi connectivity index (χ1) is 16.2. The molecule has 0 saturated carbocycles. The predicted octanol–water partition coefficient (Wildman–Crippen LogP) is 3.93. The zero-order valence-electron chi connectivity index (χ0n) is 18.6. The first-order valence-corrected chi connectivity index (χ1v) is 11.4. The Hall–Kier alpha value is -3.51. The van der Waals surface area contributed by atoms with Crippen molar-refractivity contribution in [1.82, 2.24) is 5.32 Å². The molecular formula is C27H26N2O4. The number of carbonyl (C=O) groups is 1. The van der Waals surface area contributed by atoms with Crippen LogP contribution in [0, 0.1) is 6.92 Å². The number of nitrogens with one attached hydrogen (secondary N) is 1. The molecule has 3 aliphatic rings. The van der Waals surface area contributed by atoms with Crippen LogP contribution in [0.15, 0.2) is 60.7 Å². The first-order valence-electron chi connectivity index (χ1n) is 11.4. The highest BCUT2D eigenvalue weighted by molar-refractivity contribution is 6.11. The number of anilines is 1. The Morgan fingerprint density at radius 1 is 0.939 bits per heavy atom. The van der Waals surface area contributed by atoms with E-state index in [1.807, 2.05) is 41.3 Å². The van der Waals surface area contributed by atoms with Crippen LogP contribution in [0.25, 0.3) is 0 Å². The Balaban J connectivity index is 1.21. The van der Waals surface area contributed by atoms with Crippen molar-refractivity contribution in [3.05, 3.63) is 82.9 Å². The third kappa shape index (κ3) is 3.16. The molecule has 6 nitrogen and oxygen atoms in total. The second kappa shape index (κ2) is 7.81. The van der Waals surface area contributed by atoms with Gasteiger partial charge in [-0.2, -0.15) is 0 Å². The van der Waals surface area contributed by atoms with Gasteiger partial charge in [0.1, 0.15) is 17.8 Å². The molecule has 3 heterocycles. The summed E-state index contributed by atoms with van der Waals surface area (Å²) in [7, 11) is 0. The summed E-state index contributed by atoms with van der Waals surface area (Å²) in [6.45, 7) is 4.90. The van der Waals surface area contributed by atoms with E-state index in [-0.39, 0.29) is 12.7 Å². The summed E-state index contributed by atoms with van der Waals surface area (Å²) in [5.41, 5.74) is 4.54. The third-order valence-corrected chi connectivity index (χ3v) is 6.79. The molecule has 0 radical (unpaired) electrons. The highest BCUT2D eigenvalue weighted by Gasteiger charge is 2.57. The molecule has 168 valence electrons. The van der Waals surface area contributed by atoms with Crippen molar-refractivity contribution in [3.8, 4) is 17.2 Å². The van der Waals surface area contributed by atoms with Gasteiger partial charge in [0, 0.05) is 30.4 Å². The minimum absolute atomic E-state index is 0.0694. The number of rotatable bonds is 6. The Bertz CT molecular complexity index is 1240. The lowest BCUT2D eigenvalue weighted by atomic mass is 9.77. The molecule has 3 aliphatic heterocycles. The third-order valence-electron chi connectivity index (χ3n) is 6.79. The van der Waals surface area contributed by atoms with Crippen molar-refractivity contribution < 1.29 is 19.0 Å². The largest absolute Gasteiger partial charge is 0.491 e. The maximum atomic E-state index is 13.9. The SMILES string of the molecule is Cc1cccc(CNCCCN2C(=O)C3(COc4cc5c(cc43)OCO5)c3ccccc32)c1. The molecule has 1 N–H and O–H groups in total. The van der Waals surface area contributed by atoms with Gasteiger partial charge >= 0.3 is 0 Å². The lowest BCUT2D eigenvalue weighted by Crippen LogP contribution is -2.43. The lowest BCUT2D eigenvalue weighted by molar-refractivity contribution is -0.122. The predicted molar refractivity (Wildman–Crippen MR) is 125 cm³/mol. The van der Waals surface area contributed by atoms with E-state index < -0.39 is 5.41 Å². The number of aryl methyl sites for hydroxylation is 1. The summed E-state index contributed by atoms with van der Waals surface area (Å²) >= 11 is 0. The van der Waals surface area contributed by atoms with Gasteiger partial charge in [0.05, 0.1) is 0 Å². The fraction of sp³-hybridized carbons (Fsp3) is 0.296. The fourth-order valence-corrected chi connectivity index (χ4v) is 5.20. The number of para-hydroxylation sites is 1. The number of hydrogen-bond donors (Lipinski definition) is 1. The molecule has 3 aromatic rings. The molecule has 0 aromatic heterocycles. The second-order valence-electron chi connectivity index (χ2n) is 8.89. The average molecular weight is 443 g/mol. The number of carbonyl (C=O) groups excluding carboxylic acids is 1. The minimum atomic E-state index is -0.831. The molecule has 6 rings (SSSR count). The van der Waals surface area contributed by atoms with Crippen LogP contribution in [0.5, 0.6) is 17.2 Å². The van der Waals surface area contributed by atoms with Crippen molar-refractivity contribution in [1.29, 1.82) is 0 Å². The molecule has 3 aromatic carbocycles. The summed E-state index contributed by atoms with van der Waals surface area (Å²) < 4.78 is 17.1. The van der Waals surface area contributed by atoms with Crippen LogP contribution < -0.4 is 24.4 Å². The van der Waals surface area contributed by atoms with Crippen LogP contribution in [0.3, 0.4) is 0 Å². The molecule has 6 heteroatoms.